The van der Waals surface area contributed by atoms with E-state index in [1.165, 1.54) is 32.1 Å². The van der Waals surface area contributed by atoms with Gasteiger partial charge in [0.25, 0.3) is 0 Å². The molecule has 1 rings (SSSR count). The van der Waals surface area contributed by atoms with E-state index in [-0.39, 0.29) is 0 Å². The second-order valence-electron chi connectivity index (χ2n) is 3.29. The molecule has 64 valence electrons. The van der Waals surface area contributed by atoms with Crippen molar-refractivity contribution in [3.8, 4) is 0 Å². The van der Waals surface area contributed by atoms with Crippen LogP contribution in [0.3, 0.4) is 0 Å². The molecule has 0 atom stereocenters. The molecule has 0 aromatic heterocycles. The van der Waals surface area contributed by atoms with Gasteiger partial charge in [0.05, 0.1) is 0 Å². The molecule has 0 saturated carbocycles. The van der Waals surface area contributed by atoms with Crippen molar-refractivity contribution < 1.29 is 5.11 Å². The Bertz CT molecular complexity index is 127. The second kappa shape index (κ2) is 5.36. The van der Waals surface area contributed by atoms with Gasteiger partial charge in [0, 0.05) is 6.61 Å². The van der Waals surface area contributed by atoms with Gasteiger partial charge in [0.2, 0.25) is 0 Å². The van der Waals surface area contributed by atoms with Crippen molar-refractivity contribution in [2.75, 3.05) is 6.61 Å². The van der Waals surface area contributed by atoms with Gasteiger partial charge in [-0.05, 0) is 38.5 Å². The molecule has 0 aliphatic heterocycles. The van der Waals surface area contributed by atoms with Crippen molar-refractivity contribution in [3.63, 3.8) is 0 Å². The van der Waals surface area contributed by atoms with E-state index in [0.29, 0.717) is 6.61 Å². The predicted molar refractivity (Wildman–Crippen MR) is 47.5 cm³/mol. The summed E-state index contributed by atoms with van der Waals surface area (Å²) >= 11 is 0. The maximum absolute atomic E-state index is 8.64. The van der Waals surface area contributed by atoms with Crippen molar-refractivity contribution in [1.82, 2.24) is 0 Å². The zero-order valence-corrected chi connectivity index (χ0v) is 7.18. The molecule has 0 radical (unpaired) electrons. The van der Waals surface area contributed by atoms with E-state index in [0.717, 1.165) is 12.8 Å². The zero-order chi connectivity index (χ0) is 7.94. The summed E-state index contributed by atoms with van der Waals surface area (Å²) in [5.41, 5.74) is 1.58. The minimum absolute atomic E-state index is 0.345. The van der Waals surface area contributed by atoms with Crippen molar-refractivity contribution in [2.45, 2.75) is 44.9 Å². The van der Waals surface area contributed by atoms with Crippen LogP contribution in [0.15, 0.2) is 11.6 Å². The molecule has 1 N–H and O–H groups in total. The van der Waals surface area contributed by atoms with Gasteiger partial charge in [0.15, 0.2) is 0 Å². The molecule has 0 fully saturated rings. The molecule has 11 heavy (non-hydrogen) atoms. The SMILES string of the molecule is OCCCC1=CCCCCC1. The number of aliphatic hydroxyl groups excluding tert-OH is 1. The first-order valence-corrected chi connectivity index (χ1v) is 4.72. The molecule has 1 aliphatic carbocycles. The molecule has 0 saturated heterocycles. The fourth-order valence-electron chi connectivity index (χ4n) is 1.61. The van der Waals surface area contributed by atoms with Crippen LogP contribution in [-0.4, -0.2) is 11.7 Å². The van der Waals surface area contributed by atoms with Crippen LogP contribution in [0, 0.1) is 0 Å². The van der Waals surface area contributed by atoms with E-state index in [2.05, 4.69) is 6.08 Å². The standard InChI is InChI=1S/C10H18O/c11-9-5-8-10-6-3-1-2-4-7-10/h6,11H,1-5,7-9H2. The van der Waals surface area contributed by atoms with Crippen LogP contribution in [0.4, 0.5) is 0 Å². The Morgan fingerprint density at radius 1 is 1.27 bits per heavy atom. The Kier molecular flexibility index (Phi) is 4.29. The third kappa shape index (κ3) is 3.57. The summed E-state index contributed by atoms with van der Waals surface area (Å²) in [7, 11) is 0. The summed E-state index contributed by atoms with van der Waals surface area (Å²) in [6.07, 6.45) is 11.1. The van der Waals surface area contributed by atoms with Crippen molar-refractivity contribution >= 4 is 0 Å². The fraction of sp³-hybridized carbons (Fsp3) is 0.800. The van der Waals surface area contributed by atoms with Gasteiger partial charge < -0.3 is 5.11 Å². The van der Waals surface area contributed by atoms with Gasteiger partial charge in [-0.15, -0.1) is 0 Å². The van der Waals surface area contributed by atoms with Gasteiger partial charge in [-0.25, -0.2) is 0 Å². The van der Waals surface area contributed by atoms with Crippen LogP contribution >= 0.6 is 0 Å². The summed E-state index contributed by atoms with van der Waals surface area (Å²) in [6.45, 7) is 0.345. The molecular formula is C10H18O. The minimum atomic E-state index is 0.345. The maximum atomic E-state index is 8.64. The summed E-state index contributed by atoms with van der Waals surface area (Å²) < 4.78 is 0. The van der Waals surface area contributed by atoms with Gasteiger partial charge >= 0.3 is 0 Å². The van der Waals surface area contributed by atoms with E-state index in [1.54, 1.807) is 5.57 Å². The Labute approximate surface area is 69.1 Å². The molecule has 0 bridgehead atoms. The fourth-order valence-corrected chi connectivity index (χ4v) is 1.61. The van der Waals surface area contributed by atoms with Crippen LogP contribution < -0.4 is 0 Å². The van der Waals surface area contributed by atoms with E-state index in [1.807, 2.05) is 0 Å². The summed E-state index contributed by atoms with van der Waals surface area (Å²) in [5.74, 6) is 0. The van der Waals surface area contributed by atoms with E-state index in [4.69, 9.17) is 5.11 Å². The molecule has 0 aromatic rings. The topological polar surface area (TPSA) is 20.2 Å². The number of allylic oxidation sites excluding steroid dienone is 2. The zero-order valence-electron chi connectivity index (χ0n) is 7.18. The Hall–Kier alpha value is -0.300. The minimum Gasteiger partial charge on any atom is -0.396 e. The first kappa shape index (κ1) is 8.79. The van der Waals surface area contributed by atoms with E-state index < -0.39 is 0 Å². The van der Waals surface area contributed by atoms with E-state index >= 15 is 0 Å². The number of hydrogen-bond acceptors (Lipinski definition) is 1. The van der Waals surface area contributed by atoms with E-state index in [9.17, 15) is 0 Å². The third-order valence-corrected chi connectivity index (χ3v) is 2.29. The highest BCUT2D eigenvalue weighted by atomic mass is 16.2. The highest BCUT2D eigenvalue weighted by Crippen LogP contribution is 2.20. The van der Waals surface area contributed by atoms with Crippen LogP contribution in [0.5, 0.6) is 0 Å². The average molecular weight is 154 g/mol. The quantitative estimate of drug-likeness (QED) is 0.620. The first-order chi connectivity index (χ1) is 5.43. The van der Waals surface area contributed by atoms with Crippen LogP contribution in [-0.2, 0) is 0 Å². The molecule has 0 amide bonds. The molecule has 0 unspecified atom stereocenters. The number of aliphatic hydroxyl groups is 1. The van der Waals surface area contributed by atoms with Gasteiger partial charge in [-0.1, -0.05) is 18.1 Å². The lowest BCUT2D eigenvalue weighted by Crippen LogP contribution is -1.87. The predicted octanol–water partition coefficient (Wildman–Crippen LogP) is 2.65. The molecule has 1 heteroatoms. The van der Waals surface area contributed by atoms with Gasteiger partial charge in [0.1, 0.15) is 0 Å². The monoisotopic (exact) mass is 154 g/mol. The summed E-state index contributed by atoms with van der Waals surface area (Å²) in [4.78, 5) is 0. The van der Waals surface area contributed by atoms with Crippen LogP contribution in [0.25, 0.3) is 0 Å². The van der Waals surface area contributed by atoms with Gasteiger partial charge in [-0.2, -0.15) is 0 Å². The van der Waals surface area contributed by atoms with Crippen LogP contribution in [0.1, 0.15) is 44.9 Å². The Morgan fingerprint density at radius 3 is 3.00 bits per heavy atom. The molecule has 0 spiro atoms. The van der Waals surface area contributed by atoms with Crippen molar-refractivity contribution in [1.29, 1.82) is 0 Å². The third-order valence-electron chi connectivity index (χ3n) is 2.29. The molecule has 0 aromatic carbocycles. The molecular weight excluding hydrogens is 136 g/mol. The normalized spacial score (nSPS) is 19.2. The molecule has 1 aliphatic rings. The number of hydrogen-bond donors (Lipinski definition) is 1. The lowest BCUT2D eigenvalue weighted by atomic mass is 10.1. The summed E-state index contributed by atoms with van der Waals surface area (Å²) in [5, 5.41) is 8.64. The lowest BCUT2D eigenvalue weighted by Gasteiger charge is -2.02. The smallest absolute Gasteiger partial charge is 0.0434 e. The second-order valence-corrected chi connectivity index (χ2v) is 3.29. The van der Waals surface area contributed by atoms with Crippen molar-refractivity contribution in [3.05, 3.63) is 11.6 Å². The van der Waals surface area contributed by atoms with Crippen molar-refractivity contribution in [2.24, 2.45) is 0 Å². The Morgan fingerprint density at radius 2 is 2.18 bits per heavy atom. The molecule has 0 heterocycles. The largest absolute Gasteiger partial charge is 0.396 e. The maximum Gasteiger partial charge on any atom is 0.0434 e. The van der Waals surface area contributed by atoms with Crippen LogP contribution in [0.2, 0.25) is 0 Å². The molecule has 1 nitrogen and oxygen atoms in total. The lowest BCUT2D eigenvalue weighted by molar-refractivity contribution is 0.288. The van der Waals surface area contributed by atoms with Gasteiger partial charge in [-0.3, -0.25) is 0 Å². The highest BCUT2D eigenvalue weighted by molar-refractivity contribution is 5.03. The first-order valence-electron chi connectivity index (χ1n) is 4.72. The Balaban J connectivity index is 2.23. The summed E-state index contributed by atoms with van der Waals surface area (Å²) in [6, 6.07) is 0. The highest BCUT2D eigenvalue weighted by Gasteiger charge is 2.01. The average Bonchev–Trinajstić information content (AvgIpc) is 2.28. The number of rotatable bonds is 3.